The maximum Gasteiger partial charge on any atom is 0.241 e. The van der Waals surface area contributed by atoms with Crippen molar-refractivity contribution in [2.24, 2.45) is 0 Å². The van der Waals surface area contributed by atoms with E-state index in [0.717, 1.165) is 18.7 Å². The van der Waals surface area contributed by atoms with Crippen LogP contribution in [0.25, 0.3) is 11.4 Å². The fourth-order valence-electron chi connectivity index (χ4n) is 3.47. The van der Waals surface area contributed by atoms with Gasteiger partial charge in [-0.05, 0) is 30.5 Å². The zero-order chi connectivity index (χ0) is 17.4. The second-order valence-electron chi connectivity index (χ2n) is 7.06. The van der Waals surface area contributed by atoms with Crippen molar-refractivity contribution in [2.45, 2.75) is 45.8 Å². The van der Waals surface area contributed by atoms with Gasteiger partial charge in [0.15, 0.2) is 0 Å². The minimum Gasteiger partial charge on any atom is -0.349 e. The Kier molecular flexibility index (Phi) is 4.17. The van der Waals surface area contributed by atoms with Gasteiger partial charge in [-0.25, -0.2) is 0 Å². The van der Waals surface area contributed by atoms with E-state index in [0.29, 0.717) is 30.2 Å². The molecule has 25 heavy (non-hydrogen) atoms. The lowest BCUT2D eigenvalue weighted by Gasteiger charge is -2.33. The molecule has 5 nitrogen and oxygen atoms in total. The quantitative estimate of drug-likeness (QED) is 0.715. The highest BCUT2D eigenvalue weighted by Gasteiger charge is 2.25. The third-order valence-corrected chi connectivity index (χ3v) is 5.11. The summed E-state index contributed by atoms with van der Waals surface area (Å²) in [6, 6.07) is 13.1. The normalized spacial score (nSPS) is 17.8. The molecular formula is C20H24N4O. The molecule has 0 N–H and O–H groups in total. The third-order valence-electron chi connectivity index (χ3n) is 5.11. The molecule has 2 aromatic heterocycles. The molecule has 3 aromatic rings. The van der Waals surface area contributed by atoms with Crippen molar-refractivity contribution >= 4 is 0 Å². The number of fused-ring (bicyclic) bond motifs is 1. The van der Waals surface area contributed by atoms with Gasteiger partial charge in [0.1, 0.15) is 0 Å². The molecule has 0 saturated carbocycles. The molecule has 1 atom stereocenters. The van der Waals surface area contributed by atoms with Crippen molar-refractivity contribution in [3.63, 3.8) is 0 Å². The summed E-state index contributed by atoms with van der Waals surface area (Å²) < 4.78 is 7.82. The summed E-state index contributed by atoms with van der Waals surface area (Å²) >= 11 is 0. The molecule has 1 aliphatic heterocycles. The Hall–Kier alpha value is -2.40. The first-order valence-electron chi connectivity index (χ1n) is 8.94. The predicted octanol–water partition coefficient (Wildman–Crippen LogP) is 4.24. The Balaban J connectivity index is 1.48. The van der Waals surface area contributed by atoms with Crippen LogP contribution in [0.2, 0.25) is 0 Å². The summed E-state index contributed by atoms with van der Waals surface area (Å²) in [6.07, 6.45) is 2.15. The average Bonchev–Trinajstić information content (AvgIpc) is 3.27. The first kappa shape index (κ1) is 16.1. The lowest BCUT2D eigenvalue weighted by Crippen LogP contribution is -2.35. The van der Waals surface area contributed by atoms with Crippen LogP contribution >= 0.6 is 0 Å². The first-order chi connectivity index (χ1) is 12.1. The molecule has 5 heteroatoms. The zero-order valence-electron chi connectivity index (χ0n) is 15.0. The van der Waals surface area contributed by atoms with Crippen LogP contribution in [0.15, 0.2) is 47.1 Å². The number of hydrogen-bond acceptors (Lipinski definition) is 4. The van der Waals surface area contributed by atoms with Crippen LogP contribution in [0.3, 0.4) is 0 Å². The van der Waals surface area contributed by atoms with Crippen LogP contribution in [-0.4, -0.2) is 26.2 Å². The van der Waals surface area contributed by atoms with E-state index in [1.807, 2.05) is 0 Å². The van der Waals surface area contributed by atoms with Gasteiger partial charge in [-0.2, -0.15) is 4.98 Å². The maximum atomic E-state index is 5.51. The van der Waals surface area contributed by atoms with Gasteiger partial charge in [0.25, 0.3) is 0 Å². The van der Waals surface area contributed by atoms with Crippen molar-refractivity contribution in [2.75, 3.05) is 6.54 Å². The SMILES string of the molecule is CC(C)c1ccc(-c2noc(CN3CCn4cccc4C3C)n2)cc1. The molecule has 0 spiro atoms. The Bertz CT molecular complexity index is 847. The maximum absolute atomic E-state index is 5.51. The van der Waals surface area contributed by atoms with E-state index in [2.05, 4.69) is 83.0 Å². The molecular weight excluding hydrogens is 312 g/mol. The first-order valence-corrected chi connectivity index (χ1v) is 8.94. The van der Waals surface area contributed by atoms with Crippen LogP contribution in [0.5, 0.6) is 0 Å². The highest BCUT2D eigenvalue weighted by atomic mass is 16.5. The number of hydrogen-bond donors (Lipinski definition) is 0. The minimum atomic E-state index is 0.351. The topological polar surface area (TPSA) is 47.1 Å². The Morgan fingerprint density at radius 3 is 2.72 bits per heavy atom. The van der Waals surface area contributed by atoms with Gasteiger partial charge in [-0.1, -0.05) is 43.3 Å². The second-order valence-corrected chi connectivity index (χ2v) is 7.06. The van der Waals surface area contributed by atoms with Crippen molar-refractivity contribution in [3.8, 4) is 11.4 Å². The zero-order valence-corrected chi connectivity index (χ0v) is 15.0. The lowest BCUT2D eigenvalue weighted by molar-refractivity contribution is 0.141. The van der Waals surface area contributed by atoms with E-state index in [9.17, 15) is 0 Å². The number of rotatable bonds is 4. The van der Waals surface area contributed by atoms with Crippen LogP contribution in [-0.2, 0) is 13.1 Å². The van der Waals surface area contributed by atoms with E-state index in [1.54, 1.807) is 0 Å². The van der Waals surface area contributed by atoms with Gasteiger partial charge in [-0.15, -0.1) is 0 Å². The van der Waals surface area contributed by atoms with Crippen molar-refractivity contribution in [3.05, 3.63) is 59.7 Å². The number of benzene rings is 1. The second kappa shape index (κ2) is 6.48. The molecule has 0 fully saturated rings. The van der Waals surface area contributed by atoms with Gasteiger partial charge in [0, 0.05) is 36.6 Å². The summed E-state index contributed by atoms with van der Waals surface area (Å²) in [5, 5.41) is 4.17. The molecule has 0 amide bonds. The van der Waals surface area contributed by atoms with Crippen LogP contribution in [0.1, 0.15) is 49.9 Å². The van der Waals surface area contributed by atoms with Gasteiger partial charge >= 0.3 is 0 Å². The number of aromatic nitrogens is 3. The molecule has 4 rings (SSSR count). The molecule has 0 radical (unpaired) electrons. The van der Waals surface area contributed by atoms with Gasteiger partial charge in [0.2, 0.25) is 11.7 Å². The third kappa shape index (κ3) is 3.12. The highest BCUT2D eigenvalue weighted by molar-refractivity contribution is 5.54. The fraction of sp³-hybridized carbons (Fsp3) is 0.400. The van der Waals surface area contributed by atoms with Crippen molar-refractivity contribution in [1.82, 2.24) is 19.6 Å². The smallest absolute Gasteiger partial charge is 0.241 e. The van der Waals surface area contributed by atoms with E-state index < -0.39 is 0 Å². The van der Waals surface area contributed by atoms with E-state index in [4.69, 9.17) is 4.52 Å². The summed E-state index contributed by atoms with van der Waals surface area (Å²) in [7, 11) is 0. The molecule has 1 unspecified atom stereocenters. The molecule has 130 valence electrons. The minimum absolute atomic E-state index is 0.351. The van der Waals surface area contributed by atoms with E-state index >= 15 is 0 Å². The Morgan fingerprint density at radius 1 is 1.16 bits per heavy atom. The summed E-state index contributed by atoms with van der Waals surface area (Å²) in [6.45, 7) is 9.29. The van der Waals surface area contributed by atoms with E-state index in [1.165, 1.54) is 11.3 Å². The number of nitrogens with zero attached hydrogens (tertiary/aromatic N) is 4. The van der Waals surface area contributed by atoms with Crippen LogP contribution in [0, 0.1) is 0 Å². The molecule has 0 bridgehead atoms. The fourth-order valence-corrected chi connectivity index (χ4v) is 3.47. The lowest BCUT2D eigenvalue weighted by atomic mass is 10.0. The summed E-state index contributed by atoms with van der Waals surface area (Å²) in [5.41, 5.74) is 3.66. The molecule has 1 aliphatic rings. The molecule has 1 aromatic carbocycles. The van der Waals surface area contributed by atoms with Crippen molar-refractivity contribution in [1.29, 1.82) is 0 Å². The highest BCUT2D eigenvalue weighted by Crippen LogP contribution is 2.27. The molecule has 0 saturated heterocycles. The Morgan fingerprint density at radius 2 is 1.96 bits per heavy atom. The average molecular weight is 336 g/mol. The Labute approximate surface area is 148 Å². The van der Waals surface area contributed by atoms with Gasteiger partial charge in [0.05, 0.1) is 6.54 Å². The summed E-state index contributed by atoms with van der Waals surface area (Å²) in [5.74, 6) is 1.86. The monoisotopic (exact) mass is 336 g/mol. The van der Waals surface area contributed by atoms with Crippen LogP contribution in [0.4, 0.5) is 0 Å². The van der Waals surface area contributed by atoms with E-state index in [-0.39, 0.29) is 0 Å². The van der Waals surface area contributed by atoms with Crippen LogP contribution < -0.4 is 0 Å². The van der Waals surface area contributed by atoms with Crippen molar-refractivity contribution < 1.29 is 4.52 Å². The predicted molar refractivity (Wildman–Crippen MR) is 97.1 cm³/mol. The largest absolute Gasteiger partial charge is 0.349 e. The van der Waals surface area contributed by atoms with Gasteiger partial charge < -0.3 is 9.09 Å². The molecule has 0 aliphatic carbocycles. The molecule has 3 heterocycles. The summed E-state index contributed by atoms with van der Waals surface area (Å²) in [4.78, 5) is 6.98. The standard InChI is InChI=1S/C20H24N4O/c1-14(2)16-6-8-17(9-7-16)20-21-19(25-22-20)13-24-12-11-23-10-4-5-18(23)15(24)3/h4-10,14-15H,11-13H2,1-3H3. The van der Waals surface area contributed by atoms with Gasteiger partial charge in [-0.3, -0.25) is 4.90 Å².